The third-order valence-corrected chi connectivity index (χ3v) is 8.16. The Hall–Kier alpha value is -5.03. The normalized spacial score (nSPS) is 11.2. The Bertz CT molecular complexity index is 1950. The van der Waals surface area contributed by atoms with E-state index < -0.39 is 6.16 Å². The van der Waals surface area contributed by atoms with Crippen LogP contribution in [0.3, 0.4) is 0 Å². The molecule has 0 amide bonds. The fraction of sp³-hybridized carbons (Fsp3) is 0.184. The Balaban J connectivity index is 1.43. The minimum atomic E-state index is -1.32. The standard InChI is InChI=1S/C38H35NO4/c1-25-20-21-29(27(3)23-25)24-39-36-32(30-14-6-4-11-26(30)2)16-9-17-33(36)34(37(39)43-38(40)41)18-10-22-42-35-19-8-13-28-12-5-7-15-31(28)35/h4-9,11-17,19-21,23H,10,18,22,24H2,1-3H3,(H,40,41). The summed E-state index contributed by atoms with van der Waals surface area (Å²) in [5, 5.41) is 13.1. The van der Waals surface area contributed by atoms with E-state index in [0.29, 0.717) is 31.9 Å². The highest BCUT2D eigenvalue weighted by atomic mass is 16.7. The lowest BCUT2D eigenvalue weighted by Gasteiger charge is -2.15. The van der Waals surface area contributed by atoms with Crippen LogP contribution in [0.5, 0.6) is 11.6 Å². The predicted octanol–water partition coefficient (Wildman–Crippen LogP) is 9.50. The monoisotopic (exact) mass is 569 g/mol. The van der Waals surface area contributed by atoms with E-state index in [0.717, 1.165) is 60.8 Å². The Labute approximate surface area is 251 Å². The van der Waals surface area contributed by atoms with Crippen LogP contribution in [0.15, 0.2) is 103 Å². The summed E-state index contributed by atoms with van der Waals surface area (Å²) in [4.78, 5) is 12.1. The lowest BCUT2D eigenvalue weighted by Crippen LogP contribution is -2.12. The first-order valence-corrected chi connectivity index (χ1v) is 14.7. The molecule has 0 unspecified atom stereocenters. The SMILES string of the molecule is Cc1ccc(Cn2c(OC(=O)O)c(CCCOc3cccc4ccccc34)c3cccc(-c4ccccc4C)c32)c(C)c1. The molecule has 6 aromatic rings. The summed E-state index contributed by atoms with van der Waals surface area (Å²) in [5.41, 5.74) is 8.61. The number of carboxylic acid groups (broad SMARTS) is 1. The molecule has 0 radical (unpaired) electrons. The smallest absolute Gasteiger partial charge is 0.493 e. The first kappa shape index (κ1) is 28.1. The van der Waals surface area contributed by atoms with Crippen LogP contribution in [0.1, 0.15) is 34.2 Å². The van der Waals surface area contributed by atoms with E-state index in [2.05, 4.69) is 81.4 Å². The van der Waals surface area contributed by atoms with Crippen LogP contribution < -0.4 is 9.47 Å². The van der Waals surface area contributed by atoms with E-state index >= 15 is 0 Å². The van der Waals surface area contributed by atoms with Gasteiger partial charge in [-0.1, -0.05) is 103 Å². The molecule has 5 heteroatoms. The molecular weight excluding hydrogens is 534 g/mol. The number of ether oxygens (including phenoxy) is 2. The summed E-state index contributed by atoms with van der Waals surface area (Å²) in [6.07, 6.45) is -0.0346. The summed E-state index contributed by atoms with van der Waals surface area (Å²) < 4.78 is 13.9. The van der Waals surface area contributed by atoms with Gasteiger partial charge in [-0.3, -0.25) is 0 Å². The Morgan fingerprint density at radius 1 is 0.767 bits per heavy atom. The predicted molar refractivity (Wildman–Crippen MR) is 174 cm³/mol. The highest BCUT2D eigenvalue weighted by molar-refractivity contribution is 5.99. The van der Waals surface area contributed by atoms with E-state index in [4.69, 9.17) is 9.47 Å². The van der Waals surface area contributed by atoms with Crippen LogP contribution in [0.2, 0.25) is 0 Å². The van der Waals surface area contributed by atoms with Crippen molar-refractivity contribution in [3.05, 3.63) is 131 Å². The van der Waals surface area contributed by atoms with Crippen LogP contribution in [-0.2, 0) is 13.0 Å². The number of aromatic nitrogens is 1. The van der Waals surface area contributed by atoms with Crippen LogP contribution in [-0.4, -0.2) is 22.4 Å². The van der Waals surface area contributed by atoms with Crippen molar-refractivity contribution in [1.82, 2.24) is 4.57 Å². The van der Waals surface area contributed by atoms with Crippen LogP contribution in [0.4, 0.5) is 4.79 Å². The van der Waals surface area contributed by atoms with Crippen molar-refractivity contribution in [1.29, 1.82) is 0 Å². The van der Waals surface area contributed by atoms with Gasteiger partial charge in [-0.2, -0.15) is 0 Å². The quantitative estimate of drug-likeness (QED) is 0.139. The molecule has 0 fully saturated rings. The minimum absolute atomic E-state index is 0.369. The van der Waals surface area contributed by atoms with Gasteiger partial charge in [-0.05, 0) is 67.3 Å². The van der Waals surface area contributed by atoms with E-state index in [9.17, 15) is 9.90 Å². The van der Waals surface area contributed by atoms with Gasteiger partial charge in [-0.15, -0.1) is 0 Å². The van der Waals surface area contributed by atoms with Gasteiger partial charge < -0.3 is 19.1 Å². The maximum absolute atomic E-state index is 12.1. The lowest BCUT2D eigenvalue weighted by atomic mass is 9.97. The summed E-state index contributed by atoms with van der Waals surface area (Å²) in [6, 6.07) is 35.2. The fourth-order valence-corrected chi connectivity index (χ4v) is 6.09. The van der Waals surface area contributed by atoms with Crippen molar-refractivity contribution in [2.24, 2.45) is 0 Å². The van der Waals surface area contributed by atoms with Gasteiger partial charge in [-0.25, -0.2) is 4.79 Å². The zero-order chi connectivity index (χ0) is 29.9. The Kier molecular flexibility index (Phi) is 7.89. The number of rotatable bonds is 9. The van der Waals surface area contributed by atoms with Crippen molar-refractivity contribution in [3.8, 4) is 22.8 Å². The molecule has 0 aliphatic heterocycles. The molecule has 0 saturated carbocycles. The molecule has 43 heavy (non-hydrogen) atoms. The topological polar surface area (TPSA) is 60.7 Å². The molecule has 216 valence electrons. The molecule has 0 aliphatic carbocycles. The minimum Gasteiger partial charge on any atom is -0.493 e. The molecule has 6 rings (SSSR count). The first-order valence-electron chi connectivity index (χ1n) is 14.7. The molecule has 0 bridgehead atoms. The van der Waals surface area contributed by atoms with E-state index in [1.165, 1.54) is 5.56 Å². The average Bonchev–Trinajstić information content (AvgIpc) is 3.28. The summed E-state index contributed by atoms with van der Waals surface area (Å²) in [7, 11) is 0. The number of nitrogens with zero attached hydrogens (tertiary/aromatic N) is 1. The molecular formula is C38H35NO4. The van der Waals surface area contributed by atoms with Gasteiger partial charge in [0.15, 0.2) is 0 Å². The Morgan fingerprint density at radius 2 is 1.49 bits per heavy atom. The highest BCUT2D eigenvalue weighted by Crippen LogP contribution is 2.40. The van der Waals surface area contributed by atoms with Gasteiger partial charge in [0, 0.05) is 21.9 Å². The van der Waals surface area contributed by atoms with Crippen molar-refractivity contribution in [2.45, 2.75) is 40.2 Å². The second-order valence-corrected chi connectivity index (χ2v) is 11.1. The molecule has 0 spiro atoms. The fourth-order valence-electron chi connectivity index (χ4n) is 6.09. The summed E-state index contributed by atoms with van der Waals surface area (Å²) in [6.45, 7) is 7.25. The molecule has 0 atom stereocenters. The Morgan fingerprint density at radius 3 is 2.30 bits per heavy atom. The van der Waals surface area contributed by atoms with Gasteiger partial charge in [0.2, 0.25) is 5.88 Å². The van der Waals surface area contributed by atoms with Crippen molar-refractivity contribution < 1.29 is 19.4 Å². The van der Waals surface area contributed by atoms with Gasteiger partial charge in [0.05, 0.1) is 18.7 Å². The van der Waals surface area contributed by atoms with Crippen LogP contribution in [0.25, 0.3) is 32.8 Å². The third kappa shape index (κ3) is 5.71. The van der Waals surface area contributed by atoms with E-state index in [-0.39, 0.29) is 0 Å². The number of hydrogen-bond acceptors (Lipinski definition) is 3. The van der Waals surface area contributed by atoms with E-state index in [1.807, 2.05) is 47.0 Å². The number of hydrogen-bond donors (Lipinski definition) is 1. The zero-order valence-electron chi connectivity index (χ0n) is 24.8. The van der Waals surface area contributed by atoms with Crippen LogP contribution in [0, 0.1) is 20.8 Å². The lowest BCUT2D eigenvalue weighted by molar-refractivity contribution is 0.140. The number of benzene rings is 5. The van der Waals surface area contributed by atoms with Crippen LogP contribution >= 0.6 is 0 Å². The van der Waals surface area contributed by atoms with Crippen molar-refractivity contribution in [2.75, 3.05) is 6.61 Å². The van der Waals surface area contributed by atoms with Gasteiger partial charge >= 0.3 is 6.16 Å². The number of carbonyl (C=O) groups is 1. The number of para-hydroxylation sites is 1. The average molecular weight is 570 g/mol. The maximum atomic E-state index is 12.1. The molecule has 1 aromatic heterocycles. The molecule has 1 N–H and O–H groups in total. The molecule has 5 nitrogen and oxygen atoms in total. The van der Waals surface area contributed by atoms with Crippen molar-refractivity contribution >= 4 is 27.8 Å². The highest BCUT2D eigenvalue weighted by Gasteiger charge is 2.24. The molecule has 0 saturated heterocycles. The third-order valence-electron chi connectivity index (χ3n) is 8.16. The number of aryl methyl sites for hydroxylation is 4. The maximum Gasteiger partial charge on any atom is 0.512 e. The molecule has 0 aliphatic rings. The molecule has 5 aromatic carbocycles. The van der Waals surface area contributed by atoms with E-state index in [1.54, 1.807) is 0 Å². The first-order chi connectivity index (χ1) is 20.9. The van der Waals surface area contributed by atoms with Gasteiger partial charge in [0.25, 0.3) is 0 Å². The summed E-state index contributed by atoms with van der Waals surface area (Å²) in [5.74, 6) is 1.22. The van der Waals surface area contributed by atoms with Gasteiger partial charge in [0.1, 0.15) is 5.75 Å². The molecule has 1 heterocycles. The number of fused-ring (bicyclic) bond motifs is 2. The largest absolute Gasteiger partial charge is 0.512 e. The second kappa shape index (κ2) is 12.1. The summed E-state index contributed by atoms with van der Waals surface area (Å²) >= 11 is 0. The second-order valence-electron chi connectivity index (χ2n) is 11.1. The zero-order valence-corrected chi connectivity index (χ0v) is 24.8. The van der Waals surface area contributed by atoms with Crippen molar-refractivity contribution in [3.63, 3.8) is 0 Å².